The van der Waals surface area contributed by atoms with Gasteiger partial charge in [-0.3, -0.25) is 4.79 Å². The van der Waals surface area contributed by atoms with E-state index >= 15 is 0 Å². The average Bonchev–Trinajstić information content (AvgIpc) is 3.04. The fourth-order valence-corrected chi connectivity index (χ4v) is 2.91. The average molecular weight is 298 g/mol. The second-order valence-corrected chi connectivity index (χ2v) is 6.61. The Morgan fingerprint density at radius 2 is 2.05 bits per heavy atom. The topological polar surface area (TPSA) is 64.2 Å². The van der Waals surface area contributed by atoms with Gasteiger partial charge in [0.25, 0.3) is 5.91 Å². The molecule has 0 spiro atoms. The third kappa shape index (κ3) is 2.76. The highest BCUT2D eigenvalue weighted by molar-refractivity contribution is 5.94. The van der Waals surface area contributed by atoms with Crippen LogP contribution in [-0.4, -0.2) is 39.7 Å². The zero-order valence-corrected chi connectivity index (χ0v) is 13.1. The molecule has 1 aromatic carbocycles. The standard InChI is InChI=1S/C17H22N4O/c1-17(2)12-20(11-8-15(17)18)16(22)13-4-6-14(7-5-13)21-10-3-9-19-21/h3-7,9-10,15H,8,11-12,18H2,1-2H3. The molecule has 116 valence electrons. The number of likely N-dealkylation sites (tertiary alicyclic amines) is 1. The molecule has 1 saturated heterocycles. The van der Waals surface area contributed by atoms with Crippen molar-refractivity contribution in [2.45, 2.75) is 26.3 Å². The summed E-state index contributed by atoms with van der Waals surface area (Å²) in [5.74, 6) is 0.0759. The van der Waals surface area contributed by atoms with Gasteiger partial charge in [0.15, 0.2) is 0 Å². The molecule has 1 aliphatic heterocycles. The van der Waals surface area contributed by atoms with E-state index in [4.69, 9.17) is 5.73 Å². The predicted molar refractivity (Wildman–Crippen MR) is 85.8 cm³/mol. The molecular weight excluding hydrogens is 276 g/mol. The van der Waals surface area contributed by atoms with Crippen molar-refractivity contribution in [3.05, 3.63) is 48.3 Å². The van der Waals surface area contributed by atoms with Crippen LogP contribution in [0.3, 0.4) is 0 Å². The number of hydrogen-bond acceptors (Lipinski definition) is 3. The van der Waals surface area contributed by atoms with Crippen molar-refractivity contribution in [2.75, 3.05) is 13.1 Å². The zero-order chi connectivity index (χ0) is 15.7. The molecule has 1 unspecified atom stereocenters. The smallest absolute Gasteiger partial charge is 0.253 e. The number of carbonyl (C=O) groups is 1. The maximum Gasteiger partial charge on any atom is 0.253 e. The summed E-state index contributed by atoms with van der Waals surface area (Å²) >= 11 is 0. The first-order valence-corrected chi connectivity index (χ1v) is 7.62. The molecule has 3 rings (SSSR count). The summed E-state index contributed by atoms with van der Waals surface area (Å²) in [5.41, 5.74) is 7.76. The highest BCUT2D eigenvalue weighted by Gasteiger charge is 2.35. The zero-order valence-electron chi connectivity index (χ0n) is 13.1. The van der Waals surface area contributed by atoms with Crippen molar-refractivity contribution in [3.8, 4) is 5.69 Å². The number of rotatable bonds is 2. The van der Waals surface area contributed by atoms with Crippen molar-refractivity contribution in [2.24, 2.45) is 11.1 Å². The van der Waals surface area contributed by atoms with Crippen LogP contribution in [-0.2, 0) is 0 Å². The van der Waals surface area contributed by atoms with Gasteiger partial charge in [-0.15, -0.1) is 0 Å². The quantitative estimate of drug-likeness (QED) is 0.923. The largest absolute Gasteiger partial charge is 0.338 e. The monoisotopic (exact) mass is 298 g/mol. The highest BCUT2D eigenvalue weighted by atomic mass is 16.2. The number of benzene rings is 1. The van der Waals surface area contributed by atoms with Crippen molar-refractivity contribution < 1.29 is 4.79 Å². The Balaban J connectivity index is 1.75. The number of nitrogens with zero attached hydrogens (tertiary/aromatic N) is 3. The molecule has 1 aliphatic rings. The molecule has 0 aliphatic carbocycles. The summed E-state index contributed by atoms with van der Waals surface area (Å²) < 4.78 is 1.78. The van der Waals surface area contributed by atoms with Gasteiger partial charge >= 0.3 is 0 Å². The van der Waals surface area contributed by atoms with Crippen LogP contribution < -0.4 is 5.73 Å². The van der Waals surface area contributed by atoms with Crippen molar-refractivity contribution >= 4 is 5.91 Å². The summed E-state index contributed by atoms with van der Waals surface area (Å²) in [6, 6.07) is 9.58. The summed E-state index contributed by atoms with van der Waals surface area (Å²) in [5, 5.41) is 4.19. The number of hydrogen-bond donors (Lipinski definition) is 1. The Kier molecular flexibility index (Phi) is 3.74. The molecule has 2 heterocycles. The minimum absolute atomic E-state index is 0.0388. The molecule has 5 nitrogen and oxygen atoms in total. The molecule has 1 amide bonds. The molecule has 1 fully saturated rings. The first-order chi connectivity index (χ1) is 10.5. The van der Waals surface area contributed by atoms with Crippen LogP contribution in [0.15, 0.2) is 42.7 Å². The van der Waals surface area contributed by atoms with Gasteiger partial charge in [0.05, 0.1) is 5.69 Å². The van der Waals surface area contributed by atoms with Crippen LogP contribution in [0.2, 0.25) is 0 Å². The van der Waals surface area contributed by atoms with E-state index in [1.807, 2.05) is 41.4 Å². The van der Waals surface area contributed by atoms with Gasteiger partial charge < -0.3 is 10.6 Å². The minimum atomic E-state index is -0.0388. The highest BCUT2D eigenvalue weighted by Crippen LogP contribution is 2.28. The van der Waals surface area contributed by atoms with Gasteiger partial charge in [0.2, 0.25) is 0 Å². The Morgan fingerprint density at radius 1 is 1.32 bits per heavy atom. The first-order valence-electron chi connectivity index (χ1n) is 7.62. The normalized spacial score (nSPS) is 20.9. The second kappa shape index (κ2) is 5.57. The second-order valence-electron chi connectivity index (χ2n) is 6.61. The Bertz CT molecular complexity index is 646. The number of amides is 1. The summed E-state index contributed by atoms with van der Waals surface area (Å²) in [6.45, 7) is 5.67. The molecule has 2 N–H and O–H groups in total. The predicted octanol–water partition coefficient (Wildman–Crippen LogP) is 2.07. The lowest BCUT2D eigenvalue weighted by atomic mass is 9.79. The number of nitrogens with two attached hydrogens (primary N) is 1. The maximum absolute atomic E-state index is 12.7. The molecule has 22 heavy (non-hydrogen) atoms. The van der Waals surface area contributed by atoms with Crippen LogP contribution in [0, 0.1) is 5.41 Å². The first kappa shape index (κ1) is 14.8. The fourth-order valence-electron chi connectivity index (χ4n) is 2.91. The molecule has 1 aromatic heterocycles. The van der Waals surface area contributed by atoms with Gasteiger partial charge in [-0.25, -0.2) is 4.68 Å². The van der Waals surface area contributed by atoms with Crippen molar-refractivity contribution in [1.29, 1.82) is 0 Å². The van der Waals surface area contributed by atoms with Crippen LogP contribution in [0.4, 0.5) is 0 Å². The summed E-state index contributed by atoms with van der Waals surface area (Å²) in [6.07, 6.45) is 4.47. The van der Waals surface area contributed by atoms with Gasteiger partial charge in [0, 0.05) is 37.1 Å². The SMILES string of the molecule is CC1(C)CN(C(=O)c2ccc(-n3cccn3)cc2)CCC1N. The van der Waals surface area contributed by atoms with Crippen molar-refractivity contribution in [1.82, 2.24) is 14.7 Å². The van der Waals surface area contributed by atoms with Crippen LogP contribution >= 0.6 is 0 Å². The lowest BCUT2D eigenvalue weighted by Crippen LogP contribution is -2.53. The lowest BCUT2D eigenvalue weighted by Gasteiger charge is -2.42. The van der Waals surface area contributed by atoms with E-state index in [0.717, 1.165) is 18.7 Å². The van der Waals surface area contributed by atoms with Gasteiger partial charge in [-0.1, -0.05) is 13.8 Å². The molecule has 0 radical (unpaired) electrons. The summed E-state index contributed by atoms with van der Waals surface area (Å²) in [4.78, 5) is 14.6. The third-order valence-electron chi connectivity index (χ3n) is 4.48. The van der Waals surface area contributed by atoms with E-state index in [1.54, 1.807) is 10.9 Å². The molecule has 5 heteroatoms. The third-order valence-corrected chi connectivity index (χ3v) is 4.48. The van der Waals surface area contributed by atoms with Crippen LogP contribution in [0.25, 0.3) is 5.69 Å². The van der Waals surface area contributed by atoms with Gasteiger partial charge in [-0.05, 0) is 42.2 Å². The Morgan fingerprint density at radius 3 is 2.64 bits per heavy atom. The van der Waals surface area contributed by atoms with E-state index < -0.39 is 0 Å². The van der Waals surface area contributed by atoms with Gasteiger partial charge in [-0.2, -0.15) is 5.10 Å². The van der Waals surface area contributed by atoms with Gasteiger partial charge in [0.1, 0.15) is 0 Å². The molecule has 1 atom stereocenters. The van der Waals surface area contributed by atoms with E-state index in [9.17, 15) is 4.79 Å². The molecule has 0 saturated carbocycles. The molecule has 0 bridgehead atoms. The Labute approximate surface area is 130 Å². The van der Waals surface area contributed by atoms with E-state index in [1.165, 1.54) is 0 Å². The molecular formula is C17H22N4O. The van der Waals surface area contributed by atoms with E-state index in [0.29, 0.717) is 12.1 Å². The van der Waals surface area contributed by atoms with Crippen LogP contribution in [0.5, 0.6) is 0 Å². The minimum Gasteiger partial charge on any atom is -0.338 e. The van der Waals surface area contributed by atoms with Crippen molar-refractivity contribution in [3.63, 3.8) is 0 Å². The van der Waals surface area contributed by atoms with E-state index in [-0.39, 0.29) is 17.4 Å². The number of carbonyl (C=O) groups excluding carboxylic acids is 1. The summed E-state index contributed by atoms with van der Waals surface area (Å²) in [7, 11) is 0. The number of piperidine rings is 1. The van der Waals surface area contributed by atoms with Crippen LogP contribution in [0.1, 0.15) is 30.6 Å². The Hall–Kier alpha value is -2.14. The maximum atomic E-state index is 12.7. The van der Waals surface area contributed by atoms with E-state index in [2.05, 4.69) is 18.9 Å². The lowest BCUT2D eigenvalue weighted by molar-refractivity contribution is 0.0533. The number of aromatic nitrogens is 2. The fraction of sp³-hybridized carbons (Fsp3) is 0.412. The molecule has 2 aromatic rings.